The van der Waals surface area contributed by atoms with E-state index in [9.17, 15) is 9.90 Å². The van der Waals surface area contributed by atoms with E-state index in [2.05, 4.69) is 14.1 Å². The molecule has 1 amide bonds. The van der Waals surface area contributed by atoms with Crippen LogP contribution in [0.4, 0.5) is 0 Å². The maximum Gasteiger partial charge on any atom is 0.273 e. The van der Waals surface area contributed by atoms with Crippen LogP contribution in [0.5, 0.6) is 5.75 Å². The van der Waals surface area contributed by atoms with Gasteiger partial charge in [-0.05, 0) is 17.7 Å². The lowest BCUT2D eigenvalue weighted by Crippen LogP contribution is -2.23. The molecule has 0 spiro atoms. The molecule has 0 unspecified atom stereocenters. The first-order valence-corrected chi connectivity index (χ1v) is 7.42. The standard InChI is InChI=1S/C16H13N3O2S/c20-13-9-5-4-8-12(13)14-15(19-22-18-14)16(21)17-10-11-6-2-1-3-7-11/h1-9,20H,10H2,(H,17,21). The second-order valence-electron chi connectivity index (χ2n) is 4.65. The number of rotatable bonds is 4. The van der Waals surface area contributed by atoms with Gasteiger partial charge in [0.25, 0.3) is 5.91 Å². The Hall–Kier alpha value is -2.73. The van der Waals surface area contributed by atoms with Crippen molar-refractivity contribution < 1.29 is 9.90 Å². The molecule has 0 fully saturated rings. The molecule has 1 aromatic heterocycles. The summed E-state index contributed by atoms with van der Waals surface area (Å²) in [6.45, 7) is 0.414. The Balaban J connectivity index is 1.80. The van der Waals surface area contributed by atoms with Gasteiger partial charge in [-0.2, -0.15) is 8.75 Å². The SMILES string of the molecule is O=C(NCc1ccccc1)c1nsnc1-c1ccccc1O. The van der Waals surface area contributed by atoms with Gasteiger partial charge < -0.3 is 10.4 Å². The molecule has 0 bridgehead atoms. The number of aromatic hydroxyl groups is 1. The second kappa shape index (κ2) is 6.36. The zero-order valence-corrected chi connectivity index (χ0v) is 12.4. The minimum atomic E-state index is -0.309. The Morgan fingerprint density at radius 3 is 2.55 bits per heavy atom. The topological polar surface area (TPSA) is 75.1 Å². The number of amides is 1. The predicted octanol–water partition coefficient (Wildman–Crippen LogP) is 2.84. The zero-order chi connectivity index (χ0) is 15.4. The van der Waals surface area contributed by atoms with E-state index in [0.29, 0.717) is 17.8 Å². The molecule has 2 N–H and O–H groups in total. The molecule has 0 aliphatic heterocycles. The molecule has 2 aromatic carbocycles. The first-order chi connectivity index (χ1) is 10.8. The van der Waals surface area contributed by atoms with Crippen LogP contribution in [0.15, 0.2) is 54.6 Å². The molecule has 3 aromatic rings. The van der Waals surface area contributed by atoms with Crippen LogP contribution in [0.2, 0.25) is 0 Å². The molecular formula is C16H13N3O2S. The number of carbonyl (C=O) groups is 1. The van der Waals surface area contributed by atoms with Crippen LogP contribution in [0.25, 0.3) is 11.3 Å². The molecule has 0 saturated carbocycles. The van der Waals surface area contributed by atoms with E-state index in [1.165, 1.54) is 0 Å². The summed E-state index contributed by atoms with van der Waals surface area (Å²) < 4.78 is 8.19. The van der Waals surface area contributed by atoms with Crippen molar-refractivity contribution in [1.29, 1.82) is 0 Å². The van der Waals surface area contributed by atoms with Crippen LogP contribution in [-0.4, -0.2) is 19.8 Å². The van der Waals surface area contributed by atoms with Gasteiger partial charge in [0.15, 0.2) is 5.69 Å². The van der Waals surface area contributed by atoms with Crippen molar-refractivity contribution in [2.45, 2.75) is 6.54 Å². The Morgan fingerprint density at radius 1 is 1.05 bits per heavy atom. The maximum absolute atomic E-state index is 12.3. The molecule has 1 heterocycles. The smallest absolute Gasteiger partial charge is 0.273 e. The number of phenols is 1. The molecule has 5 nitrogen and oxygen atoms in total. The van der Waals surface area contributed by atoms with E-state index in [1.54, 1.807) is 24.3 Å². The van der Waals surface area contributed by atoms with Crippen molar-refractivity contribution in [3.05, 3.63) is 65.9 Å². The molecule has 22 heavy (non-hydrogen) atoms. The van der Waals surface area contributed by atoms with Crippen LogP contribution >= 0.6 is 11.7 Å². The van der Waals surface area contributed by atoms with E-state index >= 15 is 0 Å². The molecule has 6 heteroatoms. The van der Waals surface area contributed by atoms with Crippen LogP contribution in [0, 0.1) is 0 Å². The van der Waals surface area contributed by atoms with E-state index in [0.717, 1.165) is 17.3 Å². The maximum atomic E-state index is 12.3. The number of aromatic nitrogens is 2. The Kier molecular flexibility index (Phi) is 4.11. The number of nitrogens with zero attached hydrogens (tertiary/aromatic N) is 2. The van der Waals surface area contributed by atoms with Crippen molar-refractivity contribution in [3.8, 4) is 17.0 Å². The fourth-order valence-electron chi connectivity index (χ4n) is 2.05. The summed E-state index contributed by atoms with van der Waals surface area (Å²) in [5, 5.41) is 12.7. The Labute approximate surface area is 131 Å². The van der Waals surface area contributed by atoms with Crippen molar-refractivity contribution in [3.63, 3.8) is 0 Å². The third kappa shape index (κ3) is 2.96. The number of hydrogen-bond donors (Lipinski definition) is 2. The fraction of sp³-hybridized carbons (Fsp3) is 0.0625. The second-order valence-corrected chi connectivity index (χ2v) is 5.18. The summed E-state index contributed by atoms with van der Waals surface area (Å²) in [4.78, 5) is 12.3. The third-order valence-corrected chi connectivity index (χ3v) is 3.69. The van der Waals surface area contributed by atoms with Crippen LogP contribution in [-0.2, 0) is 6.54 Å². The summed E-state index contributed by atoms with van der Waals surface area (Å²) in [7, 11) is 0. The minimum absolute atomic E-state index is 0.0762. The summed E-state index contributed by atoms with van der Waals surface area (Å²) in [5.41, 5.74) is 2.13. The molecule has 0 aliphatic rings. The van der Waals surface area contributed by atoms with Crippen molar-refractivity contribution >= 4 is 17.6 Å². The van der Waals surface area contributed by atoms with Crippen molar-refractivity contribution in [2.75, 3.05) is 0 Å². The molecule has 0 aliphatic carbocycles. The predicted molar refractivity (Wildman–Crippen MR) is 84.6 cm³/mol. The zero-order valence-electron chi connectivity index (χ0n) is 11.6. The van der Waals surface area contributed by atoms with Gasteiger partial charge in [0, 0.05) is 12.1 Å². The van der Waals surface area contributed by atoms with Gasteiger partial charge in [-0.3, -0.25) is 4.79 Å². The van der Waals surface area contributed by atoms with Crippen molar-refractivity contribution in [1.82, 2.24) is 14.1 Å². The average molecular weight is 311 g/mol. The largest absolute Gasteiger partial charge is 0.507 e. The van der Waals surface area contributed by atoms with E-state index in [-0.39, 0.29) is 17.4 Å². The quantitative estimate of drug-likeness (QED) is 0.777. The normalized spacial score (nSPS) is 10.4. The fourth-order valence-corrected chi connectivity index (χ4v) is 2.61. The summed E-state index contributed by atoms with van der Waals surface area (Å²) in [6, 6.07) is 16.4. The number of phenolic OH excluding ortho intramolecular Hbond substituents is 1. The number of para-hydroxylation sites is 1. The van der Waals surface area contributed by atoms with Gasteiger partial charge in [0.05, 0.1) is 11.7 Å². The highest BCUT2D eigenvalue weighted by atomic mass is 32.1. The number of benzene rings is 2. The van der Waals surface area contributed by atoms with Gasteiger partial charge >= 0.3 is 0 Å². The summed E-state index contributed by atoms with van der Waals surface area (Å²) in [5.74, 6) is -0.233. The first kappa shape index (κ1) is 14.2. The van der Waals surface area contributed by atoms with Gasteiger partial charge in [-0.25, -0.2) is 0 Å². The number of nitrogens with one attached hydrogen (secondary N) is 1. The first-order valence-electron chi connectivity index (χ1n) is 6.69. The van der Waals surface area contributed by atoms with Crippen LogP contribution in [0.3, 0.4) is 0 Å². The monoisotopic (exact) mass is 311 g/mol. The number of carbonyl (C=O) groups excluding carboxylic acids is 1. The van der Waals surface area contributed by atoms with E-state index in [4.69, 9.17) is 0 Å². The van der Waals surface area contributed by atoms with Gasteiger partial charge in [-0.15, -0.1) is 0 Å². The molecule has 3 rings (SSSR count). The molecule has 110 valence electrons. The average Bonchev–Trinajstić information content (AvgIpc) is 3.03. The summed E-state index contributed by atoms with van der Waals surface area (Å²) in [6.07, 6.45) is 0. The van der Waals surface area contributed by atoms with Crippen LogP contribution < -0.4 is 5.32 Å². The Bertz CT molecular complexity index is 787. The lowest BCUT2D eigenvalue weighted by Gasteiger charge is -2.05. The van der Waals surface area contributed by atoms with Gasteiger partial charge in [0.2, 0.25) is 0 Å². The Morgan fingerprint density at radius 2 is 1.77 bits per heavy atom. The third-order valence-electron chi connectivity index (χ3n) is 3.16. The van der Waals surface area contributed by atoms with Gasteiger partial charge in [-0.1, -0.05) is 42.5 Å². The van der Waals surface area contributed by atoms with Crippen LogP contribution in [0.1, 0.15) is 16.1 Å². The lowest BCUT2D eigenvalue weighted by atomic mass is 10.1. The molecule has 0 radical (unpaired) electrons. The molecule has 0 saturated heterocycles. The summed E-state index contributed by atoms with van der Waals surface area (Å²) >= 11 is 0.948. The lowest BCUT2D eigenvalue weighted by molar-refractivity contribution is 0.0947. The highest BCUT2D eigenvalue weighted by molar-refractivity contribution is 6.99. The van der Waals surface area contributed by atoms with E-state index < -0.39 is 0 Å². The number of hydrogen-bond acceptors (Lipinski definition) is 5. The minimum Gasteiger partial charge on any atom is -0.507 e. The molecule has 0 atom stereocenters. The van der Waals surface area contributed by atoms with E-state index in [1.807, 2.05) is 30.3 Å². The van der Waals surface area contributed by atoms with Crippen molar-refractivity contribution in [2.24, 2.45) is 0 Å². The van der Waals surface area contributed by atoms with Gasteiger partial charge in [0.1, 0.15) is 11.4 Å². The highest BCUT2D eigenvalue weighted by Gasteiger charge is 2.19. The molecular weight excluding hydrogens is 298 g/mol. The highest BCUT2D eigenvalue weighted by Crippen LogP contribution is 2.29.